The zero-order valence-electron chi connectivity index (χ0n) is 13.9. The maximum Gasteiger partial charge on any atom is 0.270 e. The zero-order chi connectivity index (χ0) is 18.0. The molecule has 3 rings (SSSR count). The fourth-order valence-electron chi connectivity index (χ4n) is 2.61. The van der Waals surface area contributed by atoms with E-state index in [1.165, 1.54) is 12.1 Å². The number of fused-ring (bicyclic) bond motifs is 1. The quantitative estimate of drug-likeness (QED) is 0.684. The number of rotatable bonds is 5. The Labute approximate surface area is 149 Å². The van der Waals surface area contributed by atoms with Gasteiger partial charge in [-0.25, -0.2) is 9.37 Å². The van der Waals surface area contributed by atoms with Gasteiger partial charge in [-0.3, -0.25) is 9.20 Å². The van der Waals surface area contributed by atoms with E-state index < -0.39 is 5.82 Å². The summed E-state index contributed by atoms with van der Waals surface area (Å²) in [6.45, 7) is 4.63. The molecular weight excluding hydrogens is 343 g/mol. The number of pyridine rings is 1. The van der Waals surface area contributed by atoms with Crippen LogP contribution in [0.4, 0.5) is 10.1 Å². The summed E-state index contributed by atoms with van der Waals surface area (Å²) in [4.78, 5) is 16.9. The molecule has 5 nitrogen and oxygen atoms in total. The summed E-state index contributed by atoms with van der Waals surface area (Å²) in [6, 6.07) is 8.34. The van der Waals surface area contributed by atoms with E-state index in [0.717, 1.165) is 11.2 Å². The third kappa shape index (κ3) is 3.74. The Morgan fingerprint density at radius 2 is 2.04 bits per heavy atom. The molecule has 7 heteroatoms. The number of amides is 1. The van der Waals surface area contributed by atoms with Crippen LogP contribution in [0.15, 0.2) is 36.5 Å². The first-order chi connectivity index (χ1) is 12.0. The molecule has 0 aliphatic rings. The lowest BCUT2D eigenvalue weighted by molar-refractivity contribution is 0.0948. The van der Waals surface area contributed by atoms with Crippen LogP contribution in [0.3, 0.4) is 0 Å². The SMILES string of the molecule is Cc1ccc2nc(C)c(C(=O)NCCNc3ccc(Cl)c(F)c3)n2c1. The van der Waals surface area contributed by atoms with Gasteiger partial charge in [0.05, 0.1) is 10.7 Å². The average molecular weight is 361 g/mol. The number of nitrogens with one attached hydrogen (secondary N) is 2. The number of nitrogens with zero attached hydrogens (tertiary/aromatic N) is 2. The normalized spacial score (nSPS) is 10.9. The summed E-state index contributed by atoms with van der Waals surface area (Å²) in [5.41, 5.74) is 3.60. The van der Waals surface area contributed by atoms with Crippen molar-refractivity contribution in [2.45, 2.75) is 13.8 Å². The van der Waals surface area contributed by atoms with Gasteiger partial charge in [0.15, 0.2) is 0 Å². The molecule has 0 aliphatic heterocycles. The number of anilines is 1. The molecule has 25 heavy (non-hydrogen) atoms. The van der Waals surface area contributed by atoms with E-state index in [0.29, 0.717) is 30.2 Å². The lowest BCUT2D eigenvalue weighted by Gasteiger charge is -2.09. The fourth-order valence-corrected chi connectivity index (χ4v) is 2.73. The number of halogens is 2. The van der Waals surface area contributed by atoms with Crippen molar-refractivity contribution < 1.29 is 9.18 Å². The molecule has 0 radical (unpaired) electrons. The van der Waals surface area contributed by atoms with Gasteiger partial charge in [-0.2, -0.15) is 0 Å². The predicted molar refractivity (Wildman–Crippen MR) is 96.9 cm³/mol. The van der Waals surface area contributed by atoms with E-state index in [1.54, 1.807) is 10.5 Å². The summed E-state index contributed by atoms with van der Waals surface area (Å²) in [6.07, 6.45) is 1.89. The Balaban J connectivity index is 1.62. The van der Waals surface area contributed by atoms with Gasteiger partial charge in [0.2, 0.25) is 0 Å². The van der Waals surface area contributed by atoms with Gasteiger partial charge in [-0.05, 0) is 43.7 Å². The van der Waals surface area contributed by atoms with Crippen LogP contribution in [0.5, 0.6) is 0 Å². The predicted octanol–water partition coefficient (Wildman–Crippen LogP) is 3.59. The summed E-state index contributed by atoms with van der Waals surface area (Å²) in [5, 5.41) is 5.97. The molecule has 0 bridgehead atoms. The minimum Gasteiger partial charge on any atom is -0.383 e. The lowest BCUT2D eigenvalue weighted by atomic mass is 10.3. The van der Waals surface area contributed by atoms with Crippen LogP contribution in [-0.2, 0) is 0 Å². The van der Waals surface area contributed by atoms with E-state index in [1.807, 2.05) is 32.2 Å². The van der Waals surface area contributed by atoms with Crippen molar-refractivity contribution in [1.82, 2.24) is 14.7 Å². The van der Waals surface area contributed by atoms with Gasteiger partial charge >= 0.3 is 0 Å². The number of aryl methyl sites for hydroxylation is 2. The largest absolute Gasteiger partial charge is 0.383 e. The molecule has 1 aromatic carbocycles. The maximum atomic E-state index is 13.4. The summed E-state index contributed by atoms with van der Waals surface area (Å²) < 4.78 is 15.2. The second-order valence-electron chi connectivity index (χ2n) is 5.79. The molecule has 0 fully saturated rings. The highest BCUT2D eigenvalue weighted by Crippen LogP contribution is 2.18. The van der Waals surface area contributed by atoms with Gasteiger partial charge in [0.25, 0.3) is 5.91 Å². The number of aromatic nitrogens is 2. The van der Waals surface area contributed by atoms with Gasteiger partial charge in [0, 0.05) is 25.0 Å². The molecule has 2 N–H and O–H groups in total. The summed E-state index contributed by atoms with van der Waals surface area (Å²) in [7, 11) is 0. The van der Waals surface area contributed by atoms with Crippen molar-refractivity contribution in [3.63, 3.8) is 0 Å². The number of hydrogen-bond acceptors (Lipinski definition) is 3. The third-order valence-electron chi connectivity index (χ3n) is 3.82. The van der Waals surface area contributed by atoms with E-state index >= 15 is 0 Å². The molecular formula is C18H18ClFN4O. The van der Waals surface area contributed by atoms with Crippen molar-refractivity contribution in [2.75, 3.05) is 18.4 Å². The maximum absolute atomic E-state index is 13.4. The molecule has 2 heterocycles. The Morgan fingerprint density at radius 3 is 2.80 bits per heavy atom. The number of benzene rings is 1. The third-order valence-corrected chi connectivity index (χ3v) is 4.12. The number of carbonyl (C=O) groups is 1. The second-order valence-corrected chi connectivity index (χ2v) is 6.20. The van der Waals surface area contributed by atoms with Gasteiger partial charge in [-0.1, -0.05) is 17.7 Å². The van der Waals surface area contributed by atoms with Crippen LogP contribution in [0, 0.1) is 19.7 Å². The van der Waals surface area contributed by atoms with Crippen LogP contribution < -0.4 is 10.6 Å². The minimum absolute atomic E-state index is 0.0808. The van der Waals surface area contributed by atoms with Crippen LogP contribution in [0.25, 0.3) is 5.65 Å². The van der Waals surface area contributed by atoms with Crippen molar-refractivity contribution in [3.05, 3.63) is 64.3 Å². The Kier molecular flexibility index (Phi) is 4.90. The van der Waals surface area contributed by atoms with E-state index in [2.05, 4.69) is 15.6 Å². The van der Waals surface area contributed by atoms with Crippen LogP contribution in [-0.4, -0.2) is 28.4 Å². The van der Waals surface area contributed by atoms with Crippen molar-refractivity contribution in [3.8, 4) is 0 Å². The average Bonchev–Trinajstić information content (AvgIpc) is 2.89. The first kappa shape index (κ1) is 17.2. The molecule has 0 saturated heterocycles. The highest BCUT2D eigenvalue weighted by atomic mass is 35.5. The minimum atomic E-state index is -0.479. The van der Waals surface area contributed by atoms with Crippen LogP contribution in [0.1, 0.15) is 21.7 Å². The van der Waals surface area contributed by atoms with E-state index in [4.69, 9.17) is 11.6 Å². The Bertz CT molecular complexity index is 938. The molecule has 0 saturated carbocycles. The highest BCUT2D eigenvalue weighted by Gasteiger charge is 2.16. The van der Waals surface area contributed by atoms with Gasteiger partial charge < -0.3 is 10.6 Å². The fraction of sp³-hybridized carbons (Fsp3) is 0.222. The lowest BCUT2D eigenvalue weighted by Crippen LogP contribution is -2.30. The molecule has 2 aromatic heterocycles. The molecule has 0 atom stereocenters. The second kappa shape index (κ2) is 7.11. The molecule has 3 aromatic rings. The van der Waals surface area contributed by atoms with Gasteiger partial charge in [0.1, 0.15) is 17.2 Å². The van der Waals surface area contributed by atoms with Crippen molar-refractivity contribution in [1.29, 1.82) is 0 Å². The molecule has 130 valence electrons. The Morgan fingerprint density at radius 1 is 1.24 bits per heavy atom. The van der Waals surface area contributed by atoms with E-state index in [-0.39, 0.29) is 10.9 Å². The van der Waals surface area contributed by atoms with Gasteiger partial charge in [-0.15, -0.1) is 0 Å². The number of carbonyl (C=O) groups excluding carboxylic acids is 1. The summed E-state index contributed by atoms with van der Waals surface area (Å²) >= 11 is 5.65. The Hall–Kier alpha value is -2.60. The topological polar surface area (TPSA) is 58.4 Å². The zero-order valence-corrected chi connectivity index (χ0v) is 14.7. The summed E-state index contributed by atoms with van der Waals surface area (Å²) in [5.74, 6) is -0.674. The van der Waals surface area contributed by atoms with Crippen LogP contribution in [0.2, 0.25) is 5.02 Å². The molecule has 0 spiro atoms. The van der Waals surface area contributed by atoms with Crippen molar-refractivity contribution in [2.24, 2.45) is 0 Å². The van der Waals surface area contributed by atoms with Crippen LogP contribution >= 0.6 is 11.6 Å². The van der Waals surface area contributed by atoms with E-state index in [9.17, 15) is 9.18 Å². The molecule has 0 unspecified atom stereocenters. The number of hydrogen-bond donors (Lipinski definition) is 2. The first-order valence-electron chi connectivity index (χ1n) is 7.88. The monoisotopic (exact) mass is 360 g/mol. The smallest absolute Gasteiger partial charge is 0.270 e. The number of imidazole rings is 1. The first-order valence-corrected chi connectivity index (χ1v) is 8.26. The molecule has 0 aliphatic carbocycles. The van der Waals surface area contributed by atoms with Crippen molar-refractivity contribution >= 4 is 28.8 Å². The molecule has 1 amide bonds. The standard InChI is InChI=1S/C18H18ClFN4O/c1-11-3-6-16-23-12(2)17(24(16)10-11)18(25)22-8-7-21-13-4-5-14(19)15(20)9-13/h3-6,9-10,21H,7-8H2,1-2H3,(H,22,25). The highest BCUT2D eigenvalue weighted by molar-refractivity contribution is 6.30.